The van der Waals surface area contributed by atoms with E-state index in [1.807, 2.05) is 0 Å². The fourth-order valence-corrected chi connectivity index (χ4v) is 1.74. The van der Waals surface area contributed by atoms with Crippen LogP contribution in [0.3, 0.4) is 0 Å². The highest BCUT2D eigenvalue weighted by Crippen LogP contribution is 2.18. The summed E-state index contributed by atoms with van der Waals surface area (Å²) < 4.78 is 0. The topological polar surface area (TPSA) is 82.1 Å². The first-order valence-corrected chi connectivity index (χ1v) is 4.56. The van der Waals surface area contributed by atoms with Gasteiger partial charge in [-0.1, -0.05) is 5.16 Å². The number of rotatable bonds is 4. The Morgan fingerprint density at radius 2 is 2.38 bits per heavy atom. The molecule has 5 nitrogen and oxygen atoms in total. The first-order chi connectivity index (χ1) is 6.26. The molecule has 1 fully saturated rings. The molecule has 4 N–H and O–H groups in total. The van der Waals surface area contributed by atoms with Crippen molar-refractivity contribution >= 4 is 5.84 Å². The first-order valence-electron chi connectivity index (χ1n) is 4.56. The number of likely N-dealkylation sites (tertiary alicyclic amines) is 1. The maximum Gasteiger partial charge on any atom is 0.153 e. The van der Waals surface area contributed by atoms with Gasteiger partial charge in [-0.3, -0.25) is 4.90 Å². The molecule has 1 rings (SSSR count). The number of aliphatic hydroxyl groups is 1. The van der Waals surface area contributed by atoms with Gasteiger partial charge in [0.1, 0.15) is 0 Å². The molecular weight excluding hydrogens is 170 g/mol. The molecule has 1 aliphatic rings. The lowest BCUT2D eigenvalue weighted by molar-refractivity contribution is 0.254. The standard InChI is InChI=1S/C8H17N3O2/c9-8(10-13)6-11-3-1-7(5-11)2-4-12/h7,12-13H,1-6H2,(H2,9,10). The van der Waals surface area contributed by atoms with Gasteiger partial charge in [-0.25, -0.2) is 0 Å². The molecule has 1 aliphatic heterocycles. The highest BCUT2D eigenvalue weighted by Gasteiger charge is 2.22. The van der Waals surface area contributed by atoms with E-state index in [1.165, 1.54) is 0 Å². The van der Waals surface area contributed by atoms with Gasteiger partial charge in [0.25, 0.3) is 0 Å². The van der Waals surface area contributed by atoms with Crippen LogP contribution in [0, 0.1) is 5.92 Å². The quantitative estimate of drug-likeness (QED) is 0.238. The van der Waals surface area contributed by atoms with Gasteiger partial charge in [0.15, 0.2) is 5.84 Å². The number of nitrogens with two attached hydrogens (primary N) is 1. The average Bonchev–Trinajstić information content (AvgIpc) is 2.53. The number of aliphatic hydroxyl groups excluding tert-OH is 1. The third-order valence-corrected chi connectivity index (χ3v) is 2.42. The van der Waals surface area contributed by atoms with E-state index in [9.17, 15) is 0 Å². The number of nitrogens with zero attached hydrogens (tertiary/aromatic N) is 2. The van der Waals surface area contributed by atoms with Crippen molar-refractivity contribution in [3.05, 3.63) is 0 Å². The van der Waals surface area contributed by atoms with Crippen LogP contribution < -0.4 is 5.73 Å². The number of oxime groups is 1. The number of amidine groups is 1. The van der Waals surface area contributed by atoms with Crippen LogP contribution in [0.15, 0.2) is 5.16 Å². The van der Waals surface area contributed by atoms with E-state index >= 15 is 0 Å². The van der Waals surface area contributed by atoms with Crippen LogP contribution in [0.5, 0.6) is 0 Å². The molecule has 0 aromatic heterocycles. The van der Waals surface area contributed by atoms with Gasteiger partial charge in [-0.05, 0) is 25.3 Å². The minimum atomic E-state index is 0.252. The second-order valence-corrected chi connectivity index (χ2v) is 3.49. The lowest BCUT2D eigenvalue weighted by Crippen LogP contribution is -2.32. The van der Waals surface area contributed by atoms with Gasteiger partial charge in [0.2, 0.25) is 0 Å². The summed E-state index contributed by atoms with van der Waals surface area (Å²) in [6.45, 7) is 2.69. The Morgan fingerprint density at radius 3 is 3.00 bits per heavy atom. The molecule has 1 unspecified atom stereocenters. The molecule has 0 bridgehead atoms. The molecule has 0 amide bonds. The van der Waals surface area contributed by atoms with Crippen molar-refractivity contribution < 1.29 is 10.3 Å². The van der Waals surface area contributed by atoms with Gasteiger partial charge >= 0.3 is 0 Å². The molecule has 1 atom stereocenters. The third-order valence-electron chi connectivity index (χ3n) is 2.42. The lowest BCUT2D eigenvalue weighted by Gasteiger charge is -2.14. The van der Waals surface area contributed by atoms with Gasteiger partial charge < -0.3 is 16.0 Å². The molecule has 0 saturated carbocycles. The Kier molecular flexibility index (Phi) is 3.98. The molecule has 0 spiro atoms. The van der Waals surface area contributed by atoms with Crippen LogP contribution in [-0.2, 0) is 0 Å². The molecule has 76 valence electrons. The Morgan fingerprint density at radius 1 is 1.62 bits per heavy atom. The van der Waals surface area contributed by atoms with Crippen LogP contribution in [0.25, 0.3) is 0 Å². The fourth-order valence-electron chi connectivity index (χ4n) is 1.74. The monoisotopic (exact) mass is 187 g/mol. The van der Waals surface area contributed by atoms with E-state index in [0.29, 0.717) is 12.5 Å². The second kappa shape index (κ2) is 5.04. The average molecular weight is 187 g/mol. The Labute approximate surface area is 77.8 Å². The summed E-state index contributed by atoms with van der Waals surface area (Å²) in [6, 6.07) is 0. The van der Waals surface area contributed by atoms with Gasteiger partial charge in [-0.2, -0.15) is 0 Å². The molecular formula is C8H17N3O2. The van der Waals surface area contributed by atoms with Gasteiger partial charge in [0.05, 0.1) is 6.54 Å². The van der Waals surface area contributed by atoms with Crippen LogP contribution in [0.2, 0.25) is 0 Å². The molecule has 0 aromatic carbocycles. The van der Waals surface area contributed by atoms with E-state index in [4.69, 9.17) is 16.0 Å². The lowest BCUT2D eigenvalue weighted by atomic mass is 10.1. The molecule has 13 heavy (non-hydrogen) atoms. The van der Waals surface area contributed by atoms with Gasteiger partial charge in [-0.15, -0.1) is 0 Å². The smallest absolute Gasteiger partial charge is 0.153 e. The predicted molar refractivity (Wildman–Crippen MR) is 49.7 cm³/mol. The Hall–Kier alpha value is -0.810. The van der Waals surface area contributed by atoms with Crippen molar-refractivity contribution in [1.29, 1.82) is 0 Å². The van der Waals surface area contributed by atoms with E-state index in [1.54, 1.807) is 0 Å². The second-order valence-electron chi connectivity index (χ2n) is 3.49. The normalized spacial score (nSPS) is 25.3. The maximum atomic E-state index is 8.73. The summed E-state index contributed by atoms with van der Waals surface area (Å²) in [4.78, 5) is 2.13. The van der Waals surface area contributed by atoms with Crippen molar-refractivity contribution in [3.63, 3.8) is 0 Å². The first kappa shape index (κ1) is 10.3. The van der Waals surface area contributed by atoms with Crippen molar-refractivity contribution in [3.8, 4) is 0 Å². The van der Waals surface area contributed by atoms with Crippen molar-refractivity contribution in [2.75, 3.05) is 26.2 Å². The summed E-state index contributed by atoms with van der Waals surface area (Å²) in [7, 11) is 0. The van der Waals surface area contributed by atoms with E-state index < -0.39 is 0 Å². The SMILES string of the molecule is NC(CN1CCC(CCO)C1)=NO. The summed E-state index contributed by atoms with van der Waals surface area (Å²) in [6.07, 6.45) is 1.95. The molecule has 0 radical (unpaired) electrons. The number of hydrogen-bond donors (Lipinski definition) is 3. The molecule has 0 aromatic rings. The van der Waals surface area contributed by atoms with Crippen molar-refractivity contribution in [2.24, 2.45) is 16.8 Å². The molecule has 1 saturated heterocycles. The Bertz CT molecular complexity index is 184. The molecule has 0 aliphatic carbocycles. The van der Waals surface area contributed by atoms with E-state index in [-0.39, 0.29) is 12.4 Å². The van der Waals surface area contributed by atoms with Crippen LogP contribution >= 0.6 is 0 Å². The zero-order valence-corrected chi connectivity index (χ0v) is 7.69. The number of hydrogen-bond acceptors (Lipinski definition) is 4. The largest absolute Gasteiger partial charge is 0.409 e. The predicted octanol–water partition coefficient (Wildman–Crippen LogP) is -0.563. The third kappa shape index (κ3) is 3.20. The summed E-state index contributed by atoms with van der Waals surface area (Å²) >= 11 is 0. The Balaban J connectivity index is 2.25. The van der Waals surface area contributed by atoms with Crippen LogP contribution in [0.1, 0.15) is 12.8 Å². The minimum absolute atomic E-state index is 0.252. The zero-order chi connectivity index (χ0) is 9.68. The molecule has 1 heterocycles. The maximum absolute atomic E-state index is 8.73. The van der Waals surface area contributed by atoms with E-state index in [0.717, 1.165) is 25.9 Å². The van der Waals surface area contributed by atoms with Crippen molar-refractivity contribution in [2.45, 2.75) is 12.8 Å². The van der Waals surface area contributed by atoms with Crippen LogP contribution in [-0.4, -0.2) is 47.3 Å². The van der Waals surface area contributed by atoms with Crippen LogP contribution in [0.4, 0.5) is 0 Å². The summed E-state index contributed by atoms with van der Waals surface area (Å²) in [5.74, 6) is 0.821. The summed E-state index contributed by atoms with van der Waals surface area (Å²) in [5, 5.41) is 20.0. The zero-order valence-electron chi connectivity index (χ0n) is 7.69. The molecule has 5 heteroatoms. The van der Waals surface area contributed by atoms with E-state index in [2.05, 4.69) is 10.1 Å². The highest BCUT2D eigenvalue weighted by molar-refractivity contribution is 5.81. The van der Waals surface area contributed by atoms with Crippen molar-refractivity contribution in [1.82, 2.24) is 4.90 Å². The fraction of sp³-hybridized carbons (Fsp3) is 0.875. The van der Waals surface area contributed by atoms with Gasteiger partial charge in [0, 0.05) is 13.2 Å². The highest BCUT2D eigenvalue weighted by atomic mass is 16.4. The summed E-state index contributed by atoms with van der Waals surface area (Å²) in [5.41, 5.74) is 5.38. The minimum Gasteiger partial charge on any atom is -0.409 e.